The first kappa shape index (κ1) is 15.7. The SMILES string of the molecule is COc1ncccc1C(=O)NC(C)(C(=O)O)C(F)(F)F. The Hall–Kier alpha value is -2.32. The molecule has 9 heteroatoms. The molecule has 2 N–H and O–H groups in total. The van der Waals surface area contributed by atoms with Crippen LogP contribution in [0.2, 0.25) is 0 Å². The number of nitrogens with one attached hydrogen (secondary N) is 1. The maximum Gasteiger partial charge on any atom is 0.422 e. The fourth-order valence-electron chi connectivity index (χ4n) is 1.27. The molecule has 0 bridgehead atoms. The van der Waals surface area contributed by atoms with Gasteiger partial charge in [0.05, 0.1) is 7.11 Å². The maximum absolute atomic E-state index is 12.8. The minimum atomic E-state index is -5.16. The van der Waals surface area contributed by atoms with Crippen LogP contribution in [0.5, 0.6) is 5.88 Å². The third-order valence-corrected chi connectivity index (χ3v) is 2.57. The highest BCUT2D eigenvalue weighted by Gasteiger charge is 2.58. The molecule has 1 amide bonds. The molecular formula is C11H11F3N2O4. The highest BCUT2D eigenvalue weighted by Crippen LogP contribution is 2.31. The largest absolute Gasteiger partial charge is 0.480 e. The van der Waals surface area contributed by atoms with Gasteiger partial charge >= 0.3 is 12.1 Å². The number of carboxylic acids is 1. The number of aromatic nitrogens is 1. The molecule has 1 aromatic heterocycles. The molecule has 1 rings (SSSR count). The summed E-state index contributed by atoms with van der Waals surface area (Å²) >= 11 is 0. The van der Waals surface area contributed by atoms with Crippen molar-refractivity contribution in [1.29, 1.82) is 0 Å². The Kier molecular flexibility index (Phi) is 4.21. The number of amides is 1. The summed E-state index contributed by atoms with van der Waals surface area (Å²) in [5.74, 6) is -3.68. The number of alkyl halides is 3. The van der Waals surface area contributed by atoms with Gasteiger partial charge in [0.1, 0.15) is 5.56 Å². The molecule has 0 radical (unpaired) electrons. The number of methoxy groups -OCH3 is 1. The van der Waals surface area contributed by atoms with Crippen molar-refractivity contribution in [3.63, 3.8) is 0 Å². The third kappa shape index (κ3) is 2.81. The number of hydrogen-bond donors (Lipinski definition) is 2. The summed E-state index contributed by atoms with van der Waals surface area (Å²) < 4.78 is 43.0. The van der Waals surface area contributed by atoms with Crippen LogP contribution in [-0.4, -0.2) is 40.8 Å². The van der Waals surface area contributed by atoms with E-state index in [1.807, 2.05) is 0 Å². The molecule has 6 nitrogen and oxygen atoms in total. The fourth-order valence-corrected chi connectivity index (χ4v) is 1.27. The summed E-state index contributed by atoms with van der Waals surface area (Å²) in [5, 5.41) is 10.1. The van der Waals surface area contributed by atoms with Gasteiger partial charge in [-0.25, -0.2) is 9.78 Å². The second kappa shape index (κ2) is 5.35. The molecule has 110 valence electrons. The monoisotopic (exact) mass is 292 g/mol. The molecule has 0 aliphatic carbocycles. The topological polar surface area (TPSA) is 88.5 Å². The third-order valence-electron chi connectivity index (χ3n) is 2.57. The van der Waals surface area contributed by atoms with Crippen molar-refractivity contribution >= 4 is 11.9 Å². The molecule has 0 fully saturated rings. The Bertz CT molecular complexity index is 533. The van der Waals surface area contributed by atoms with Gasteiger partial charge < -0.3 is 15.2 Å². The average Bonchev–Trinajstić information content (AvgIpc) is 2.36. The fraction of sp³-hybridized carbons (Fsp3) is 0.364. The van der Waals surface area contributed by atoms with Crippen molar-refractivity contribution in [3.8, 4) is 5.88 Å². The molecule has 20 heavy (non-hydrogen) atoms. The van der Waals surface area contributed by atoms with E-state index in [0.29, 0.717) is 6.92 Å². The van der Waals surface area contributed by atoms with Gasteiger partial charge in [0.15, 0.2) is 0 Å². The van der Waals surface area contributed by atoms with E-state index >= 15 is 0 Å². The van der Waals surface area contributed by atoms with E-state index in [2.05, 4.69) is 4.98 Å². The van der Waals surface area contributed by atoms with Crippen molar-refractivity contribution in [3.05, 3.63) is 23.9 Å². The normalized spacial score (nSPS) is 14.2. The molecule has 1 unspecified atom stereocenters. The first-order valence-electron chi connectivity index (χ1n) is 5.25. The molecule has 0 aliphatic heterocycles. The molecule has 0 aliphatic rings. The van der Waals surface area contributed by atoms with Gasteiger partial charge in [0.25, 0.3) is 5.91 Å². The minimum absolute atomic E-state index is 0.208. The van der Waals surface area contributed by atoms with Crippen LogP contribution < -0.4 is 10.1 Å². The highest BCUT2D eigenvalue weighted by atomic mass is 19.4. The lowest BCUT2D eigenvalue weighted by Crippen LogP contribution is -2.61. The number of rotatable bonds is 4. The summed E-state index contributed by atoms with van der Waals surface area (Å²) in [6, 6.07) is 2.48. The molecule has 0 saturated carbocycles. The quantitative estimate of drug-likeness (QED) is 0.871. The van der Waals surface area contributed by atoms with Crippen molar-refractivity contribution < 1.29 is 32.6 Å². The summed E-state index contributed by atoms with van der Waals surface area (Å²) in [6.07, 6.45) is -3.89. The summed E-state index contributed by atoms with van der Waals surface area (Å²) in [6.45, 7) is 0.357. The van der Waals surface area contributed by atoms with Crippen molar-refractivity contribution in [2.24, 2.45) is 0 Å². The Morgan fingerprint density at radius 1 is 1.40 bits per heavy atom. The van der Waals surface area contributed by atoms with E-state index in [4.69, 9.17) is 9.84 Å². The van der Waals surface area contributed by atoms with Crippen LogP contribution in [-0.2, 0) is 4.79 Å². The first-order chi connectivity index (χ1) is 9.13. The lowest BCUT2D eigenvalue weighted by molar-refractivity contribution is -0.203. The number of carbonyl (C=O) groups excluding carboxylic acids is 1. The molecule has 1 heterocycles. The van der Waals surface area contributed by atoms with E-state index in [0.717, 1.165) is 0 Å². The zero-order valence-electron chi connectivity index (χ0n) is 10.5. The van der Waals surface area contributed by atoms with Gasteiger partial charge in [-0.2, -0.15) is 13.2 Å². The number of carboxylic acid groups (broad SMARTS) is 1. The predicted octanol–water partition coefficient (Wildman–Crippen LogP) is 1.23. The van der Waals surface area contributed by atoms with Crippen LogP contribution in [0.25, 0.3) is 0 Å². The summed E-state index contributed by atoms with van der Waals surface area (Å²) in [5.41, 5.74) is -3.71. The predicted molar refractivity (Wildman–Crippen MR) is 60.4 cm³/mol. The number of halogens is 3. The zero-order valence-corrected chi connectivity index (χ0v) is 10.5. The van der Waals surface area contributed by atoms with Crippen molar-refractivity contribution in [1.82, 2.24) is 10.3 Å². The Morgan fingerprint density at radius 2 is 2.00 bits per heavy atom. The van der Waals surface area contributed by atoms with Crippen LogP contribution in [0.15, 0.2) is 18.3 Å². The lowest BCUT2D eigenvalue weighted by atomic mass is 10.0. The standard InChI is InChI=1S/C11H11F3N2O4/c1-10(9(18)19,11(12,13)14)16-7(17)6-4-3-5-15-8(6)20-2/h3-5H,1-2H3,(H,16,17)(H,18,19). The number of hydrogen-bond acceptors (Lipinski definition) is 4. The van der Waals surface area contributed by atoms with Gasteiger partial charge in [0, 0.05) is 6.20 Å². The van der Waals surface area contributed by atoms with Crippen LogP contribution in [0.3, 0.4) is 0 Å². The van der Waals surface area contributed by atoms with Gasteiger partial charge in [0.2, 0.25) is 11.4 Å². The lowest BCUT2D eigenvalue weighted by Gasteiger charge is -2.28. The Morgan fingerprint density at radius 3 is 2.45 bits per heavy atom. The van der Waals surface area contributed by atoms with E-state index in [1.165, 1.54) is 30.8 Å². The van der Waals surface area contributed by atoms with Gasteiger partial charge in [-0.3, -0.25) is 4.79 Å². The smallest absolute Gasteiger partial charge is 0.422 e. The van der Waals surface area contributed by atoms with Crippen LogP contribution >= 0.6 is 0 Å². The number of carbonyl (C=O) groups is 2. The Labute approximate surface area is 111 Å². The van der Waals surface area contributed by atoms with E-state index in [-0.39, 0.29) is 11.4 Å². The molecule has 0 spiro atoms. The first-order valence-corrected chi connectivity index (χ1v) is 5.25. The number of pyridine rings is 1. The summed E-state index contributed by atoms with van der Waals surface area (Å²) in [4.78, 5) is 26.2. The minimum Gasteiger partial charge on any atom is -0.480 e. The van der Waals surface area contributed by atoms with Gasteiger partial charge in [-0.05, 0) is 19.1 Å². The maximum atomic E-state index is 12.8. The molecule has 0 aromatic carbocycles. The number of nitrogens with zero attached hydrogens (tertiary/aromatic N) is 1. The number of aliphatic carboxylic acids is 1. The molecule has 1 aromatic rings. The highest BCUT2D eigenvalue weighted by molar-refractivity contribution is 5.99. The molecule has 0 saturated heterocycles. The van der Waals surface area contributed by atoms with E-state index in [1.54, 1.807) is 0 Å². The van der Waals surface area contributed by atoms with E-state index < -0.39 is 23.6 Å². The second-order valence-corrected chi connectivity index (χ2v) is 3.94. The van der Waals surface area contributed by atoms with Gasteiger partial charge in [-0.15, -0.1) is 0 Å². The molecule has 1 atom stereocenters. The second-order valence-electron chi connectivity index (χ2n) is 3.94. The van der Waals surface area contributed by atoms with Crippen LogP contribution in [0, 0.1) is 0 Å². The zero-order chi connectivity index (χ0) is 15.6. The van der Waals surface area contributed by atoms with E-state index in [9.17, 15) is 22.8 Å². The van der Waals surface area contributed by atoms with Crippen LogP contribution in [0.1, 0.15) is 17.3 Å². The van der Waals surface area contributed by atoms with Crippen molar-refractivity contribution in [2.75, 3.05) is 7.11 Å². The summed E-state index contributed by atoms with van der Waals surface area (Å²) in [7, 11) is 1.18. The van der Waals surface area contributed by atoms with Crippen LogP contribution in [0.4, 0.5) is 13.2 Å². The average molecular weight is 292 g/mol. The van der Waals surface area contributed by atoms with Gasteiger partial charge in [-0.1, -0.05) is 0 Å². The molecular weight excluding hydrogens is 281 g/mol. The van der Waals surface area contributed by atoms with Crippen molar-refractivity contribution in [2.45, 2.75) is 18.6 Å². The number of ether oxygens (including phenoxy) is 1. The Balaban J connectivity index is 3.13.